The summed E-state index contributed by atoms with van der Waals surface area (Å²) in [5.41, 5.74) is 3.45. The summed E-state index contributed by atoms with van der Waals surface area (Å²) in [7, 11) is 2.05. The van der Waals surface area contributed by atoms with Crippen LogP contribution in [0.2, 0.25) is 0 Å². The molecule has 4 heterocycles. The minimum absolute atomic E-state index is 0.109. The van der Waals surface area contributed by atoms with Gasteiger partial charge in [-0.15, -0.1) is 11.8 Å². The quantitative estimate of drug-likeness (QED) is 0.322. The highest BCUT2D eigenvalue weighted by Gasteiger charge is 2.33. The van der Waals surface area contributed by atoms with Crippen molar-refractivity contribution < 1.29 is 13.9 Å². The number of likely N-dealkylation sites (N-methyl/N-ethyl adjacent to an activating group) is 1. The Balaban J connectivity index is 1.49. The lowest BCUT2D eigenvalue weighted by molar-refractivity contribution is -0.128. The van der Waals surface area contributed by atoms with Crippen molar-refractivity contribution in [1.82, 2.24) is 14.8 Å². The number of pyridine rings is 1. The summed E-state index contributed by atoms with van der Waals surface area (Å²) < 4.78 is 23.0. The summed E-state index contributed by atoms with van der Waals surface area (Å²) in [6, 6.07) is 13.9. The molecule has 3 aromatic rings. The van der Waals surface area contributed by atoms with Gasteiger partial charge in [-0.2, -0.15) is 10.5 Å². The van der Waals surface area contributed by atoms with Crippen LogP contribution in [0.1, 0.15) is 36.8 Å². The smallest absolute Gasteiger partial charge is 0.246 e. The third-order valence-electron chi connectivity index (χ3n) is 9.04. The summed E-state index contributed by atoms with van der Waals surface area (Å²) in [6.45, 7) is 5.96. The molecule has 2 aromatic carbocycles. The zero-order valence-electron chi connectivity index (χ0n) is 24.9. The molecule has 1 aromatic heterocycles. The van der Waals surface area contributed by atoms with Crippen LogP contribution in [0, 0.1) is 28.5 Å². The standard InChI is InChI=1S/C34H35FN6O2S/c1-3-29(42)41-17-16-40(20-23(41)13-14-36)32-27-12-11-25(26-10-4-7-22-8-6-18-44-33(22)26)30(35)31(27)38-34(28(32)19-37)43-21-24-9-5-15-39(24)2/h3-4,7,10-12,23-24H,1,5-6,8-9,13,15-18,20-21H2,2H3/t23-,24-/m0/s1. The summed E-state index contributed by atoms with van der Waals surface area (Å²) in [5, 5.41) is 20.5. The molecule has 1 amide bonds. The molecule has 8 nitrogen and oxygen atoms in total. The Labute approximate surface area is 261 Å². The summed E-state index contributed by atoms with van der Waals surface area (Å²) in [6.07, 6.45) is 5.48. The Morgan fingerprint density at radius 2 is 2.05 bits per heavy atom. The first-order valence-corrected chi connectivity index (χ1v) is 16.1. The van der Waals surface area contributed by atoms with Crippen LogP contribution < -0.4 is 9.64 Å². The van der Waals surface area contributed by atoms with E-state index in [2.05, 4.69) is 36.7 Å². The van der Waals surface area contributed by atoms with E-state index < -0.39 is 11.9 Å². The molecule has 0 saturated carbocycles. The molecule has 3 aliphatic rings. The van der Waals surface area contributed by atoms with Crippen molar-refractivity contribution in [3.8, 4) is 29.1 Å². The number of thioether (sulfide) groups is 1. The number of ether oxygens (including phenoxy) is 1. The summed E-state index contributed by atoms with van der Waals surface area (Å²) in [5.74, 6) is 0.404. The molecule has 2 fully saturated rings. The van der Waals surface area contributed by atoms with Crippen LogP contribution in [0.3, 0.4) is 0 Å². The number of aryl methyl sites for hydroxylation is 1. The lowest BCUT2D eigenvalue weighted by Gasteiger charge is -2.42. The fourth-order valence-electron chi connectivity index (χ4n) is 6.71. The predicted molar refractivity (Wildman–Crippen MR) is 170 cm³/mol. The maximum absolute atomic E-state index is 16.8. The van der Waals surface area contributed by atoms with E-state index in [1.165, 1.54) is 11.6 Å². The highest BCUT2D eigenvalue weighted by molar-refractivity contribution is 7.99. The van der Waals surface area contributed by atoms with Gasteiger partial charge in [0.25, 0.3) is 0 Å². The van der Waals surface area contributed by atoms with Gasteiger partial charge in [-0.05, 0) is 68.3 Å². The third kappa shape index (κ3) is 5.49. The Morgan fingerprint density at radius 1 is 1.18 bits per heavy atom. The van der Waals surface area contributed by atoms with Gasteiger partial charge in [0.2, 0.25) is 11.8 Å². The number of halogens is 1. The van der Waals surface area contributed by atoms with Crippen molar-refractivity contribution in [3.05, 3.63) is 59.9 Å². The minimum Gasteiger partial charge on any atom is -0.475 e. The highest BCUT2D eigenvalue weighted by Crippen LogP contribution is 2.43. The van der Waals surface area contributed by atoms with Gasteiger partial charge in [0.1, 0.15) is 23.8 Å². The average molecular weight is 611 g/mol. The van der Waals surface area contributed by atoms with E-state index in [-0.39, 0.29) is 35.3 Å². The molecule has 0 N–H and O–H groups in total. The number of hydrogen-bond acceptors (Lipinski definition) is 8. The van der Waals surface area contributed by atoms with E-state index in [9.17, 15) is 15.3 Å². The zero-order chi connectivity index (χ0) is 30.8. The van der Waals surface area contributed by atoms with E-state index in [0.29, 0.717) is 42.9 Å². The molecular weight excluding hydrogens is 575 g/mol. The van der Waals surface area contributed by atoms with E-state index >= 15 is 4.39 Å². The first kappa shape index (κ1) is 29.9. The summed E-state index contributed by atoms with van der Waals surface area (Å²) >= 11 is 1.76. The lowest BCUT2D eigenvalue weighted by Crippen LogP contribution is -2.55. The van der Waals surface area contributed by atoms with Gasteiger partial charge in [0.05, 0.1) is 24.2 Å². The van der Waals surface area contributed by atoms with Crippen LogP contribution in [0.15, 0.2) is 47.9 Å². The van der Waals surface area contributed by atoms with Crippen LogP contribution in [-0.2, 0) is 11.2 Å². The van der Waals surface area contributed by atoms with Crippen LogP contribution in [0.25, 0.3) is 22.0 Å². The van der Waals surface area contributed by atoms with Crippen LogP contribution in [0.5, 0.6) is 5.88 Å². The first-order valence-electron chi connectivity index (χ1n) is 15.1. The lowest BCUT2D eigenvalue weighted by atomic mass is 9.97. The second kappa shape index (κ2) is 12.9. The van der Waals surface area contributed by atoms with Crippen molar-refractivity contribution >= 4 is 34.3 Å². The van der Waals surface area contributed by atoms with Gasteiger partial charge in [-0.1, -0.05) is 30.8 Å². The molecule has 0 radical (unpaired) electrons. The van der Waals surface area contributed by atoms with Crippen LogP contribution in [-0.4, -0.2) is 78.4 Å². The number of anilines is 1. The van der Waals surface area contributed by atoms with E-state index in [1.807, 2.05) is 23.1 Å². The molecule has 3 aliphatic heterocycles. The second-order valence-corrected chi connectivity index (χ2v) is 12.7. The number of nitriles is 2. The largest absolute Gasteiger partial charge is 0.475 e. The van der Waals surface area contributed by atoms with E-state index in [0.717, 1.165) is 48.4 Å². The van der Waals surface area contributed by atoms with Gasteiger partial charge in [0, 0.05) is 41.5 Å². The number of amides is 1. The first-order chi connectivity index (χ1) is 21.4. The fourth-order valence-corrected chi connectivity index (χ4v) is 7.89. The molecule has 6 rings (SSSR count). The van der Waals surface area contributed by atoms with Gasteiger partial charge < -0.3 is 19.4 Å². The predicted octanol–water partition coefficient (Wildman–Crippen LogP) is 5.54. The number of fused-ring (bicyclic) bond motifs is 2. The molecular formula is C34H35FN6O2S. The van der Waals surface area contributed by atoms with E-state index in [4.69, 9.17) is 9.72 Å². The third-order valence-corrected chi connectivity index (χ3v) is 10.3. The molecule has 2 saturated heterocycles. The highest BCUT2D eigenvalue weighted by atomic mass is 32.2. The summed E-state index contributed by atoms with van der Waals surface area (Å²) in [4.78, 5) is 24.2. The van der Waals surface area contributed by atoms with Crippen molar-refractivity contribution in [2.75, 3.05) is 50.5 Å². The monoisotopic (exact) mass is 610 g/mol. The number of carbonyl (C=O) groups is 1. The Morgan fingerprint density at radius 3 is 2.80 bits per heavy atom. The fraction of sp³-hybridized carbons (Fsp3) is 0.412. The Bertz CT molecular complexity index is 1700. The average Bonchev–Trinajstić information content (AvgIpc) is 3.47. The van der Waals surface area contributed by atoms with Crippen molar-refractivity contribution in [2.24, 2.45) is 0 Å². The number of hydrogen-bond donors (Lipinski definition) is 0. The van der Waals surface area contributed by atoms with Crippen molar-refractivity contribution in [2.45, 2.75) is 49.1 Å². The van der Waals surface area contributed by atoms with Gasteiger partial charge in [-0.25, -0.2) is 9.37 Å². The molecule has 0 aliphatic carbocycles. The van der Waals surface area contributed by atoms with Crippen molar-refractivity contribution in [1.29, 1.82) is 10.5 Å². The minimum atomic E-state index is -0.454. The van der Waals surface area contributed by atoms with Gasteiger partial charge in [-0.3, -0.25) is 4.79 Å². The molecule has 0 bridgehead atoms. The molecule has 0 unspecified atom stereocenters. The van der Waals surface area contributed by atoms with Crippen molar-refractivity contribution in [3.63, 3.8) is 0 Å². The van der Waals surface area contributed by atoms with Gasteiger partial charge in [0.15, 0.2) is 5.82 Å². The number of likely N-dealkylation sites (tertiary alicyclic amines) is 1. The van der Waals surface area contributed by atoms with Crippen LogP contribution in [0.4, 0.5) is 10.1 Å². The number of benzene rings is 2. The second-order valence-electron chi connectivity index (χ2n) is 11.6. The molecule has 2 atom stereocenters. The zero-order valence-corrected chi connectivity index (χ0v) is 25.7. The van der Waals surface area contributed by atoms with Gasteiger partial charge >= 0.3 is 0 Å². The Kier molecular flexibility index (Phi) is 8.74. The molecule has 0 spiro atoms. The van der Waals surface area contributed by atoms with E-state index in [1.54, 1.807) is 22.7 Å². The number of rotatable bonds is 7. The van der Waals surface area contributed by atoms with Crippen LogP contribution >= 0.6 is 11.8 Å². The SMILES string of the molecule is C=CC(=O)N1CCN(c2c(C#N)c(OC[C@@H]3CCCN3C)nc3c(F)c(-c4cccc5c4SCCC5)ccc23)C[C@@H]1CC#N. The maximum atomic E-state index is 16.8. The molecule has 226 valence electrons. The number of aromatic nitrogens is 1. The molecule has 10 heteroatoms. The Hall–Kier alpha value is -4.12. The topological polar surface area (TPSA) is 96.5 Å². The maximum Gasteiger partial charge on any atom is 0.246 e. The number of nitrogens with zero attached hydrogens (tertiary/aromatic N) is 6. The number of piperazine rings is 1. The number of carbonyl (C=O) groups excluding carboxylic acids is 1. The normalized spacial score (nSPS) is 20.2. The molecule has 44 heavy (non-hydrogen) atoms.